The van der Waals surface area contributed by atoms with E-state index in [1.54, 1.807) is 0 Å². The lowest BCUT2D eigenvalue weighted by molar-refractivity contribution is 0.0985. The van der Waals surface area contributed by atoms with Gasteiger partial charge in [0.05, 0.1) is 17.5 Å². The van der Waals surface area contributed by atoms with Gasteiger partial charge in [0.25, 0.3) is 0 Å². The lowest BCUT2D eigenvalue weighted by Gasteiger charge is -2.30. The van der Waals surface area contributed by atoms with Crippen LogP contribution in [0.1, 0.15) is 26.7 Å². The monoisotopic (exact) mass is 407 g/mol. The summed E-state index contributed by atoms with van der Waals surface area (Å²) in [4.78, 5) is 11.7. The summed E-state index contributed by atoms with van der Waals surface area (Å²) in [6, 6.07) is 19.5. The molecule has 1 aliphatic rings. The summed E-state index contributed by atoms with van der Waals surface area (Å²) >= 11 is 0. The lowest BCUT2D eigenvalue weighted by atomic mass is 10.1. The number of hydrogen-bond donors (Lipinski definition) is 2. The van der Waals surface area contributed by atoms with Gasteiger partial charge in [-0.2, -0.15) is 0 Å². The van der Waals surface area contributed by atoms with Crippen LogP contribution in [0.15, 0.2) is 60.7 Å². The molecule has 4 rings (SSSR count). The summed E-state index contributed by atoms with van der Waals surface area (Å²) in [5, 5.41) is 18.7. The van der Waals surface area contributed by atoms with Crippen LogP contribution < -0.4 is 9.64 Å². The molecule has 0 amide bonds. The number of piperidine rings is 1. The van der Waals surface area contributed by atoms with E-state index in [2.05, 4.69) is 4.90 Å². The highest BCUT2D eigenvalue weighted by Crippen LogP contribution is 2.28. The summed E-state index contributed by atoms with van der Waals surface area (Å²) in [5.41, 5.74) is 3.67. The molecule has 30 heavy (non-hydrogen) atoms. The van der Waals surface area contributed by atoms with Gasteiger partial charge >= 0.3 is 0 Å². The second-order valence-electron chi connectivity index (χ2n) is 6.82. The molecule has 2 heterocycles. The fourth-order valence-electron chi connectivity index (χ4n) is 3.34. The fraction of sp³-hybridized carbons (Fsp3) is 0.333. The summed E-state index contributed by atoms with van der Waals surface area (Å²) in [6.45, 7) is 5.13. The first kappa shape index (κ1) is 21.7. The molecule has 0 aliphatic carbocycles. The minimum absolute atomic E-state index is 0.243. The Kier molecular flexibility index (Phi) is 7.76. The predicted molar refractivity (Wildman–Crippen MR) is 119 cm³/mol. The molecule has 2 aromatic carbocycles. The third-order valence-corrected chi connectivity index (χ3v) is 4.91. The number of aliphatic hydroxyl groups excluding tert-OH is 2. The van der Waals surface area contributed by atoms with Gasteiger partial charge in [-0.15, -0.1) is 0 Å². The van der Waals surface area contributed by atoms with E-state index in [1.807, 2.05) is 74.5 Å². The second kappa shape index (κ2) is 10.7. The van der Waals surface area contributed by atoms with Crippen molar-refractivity contribution in [1.82, 2.24) is 9.97 Å². The van der Waals surface area contributed by atoms with Crippen molar-refractivity contribution >= 4 is 5.95 Å². The van der Waals surface area contributed by atoms with Gasteiger partial charge in [0.2, 0.25) is 5.95 Å². The van der Waals surface area contributed by atoms with Crippen LogP contribution in [-0.2, 0) is 0 Å². The molecule has 0 unspecified atom stereocenters. The van der Waals surface area contributed by atoms with E-state index in [1.165, 1.54) is 0 Å². The number of nitrogens with zero attached hydrogens (tertiary/aromatic N) is 3. The number of aromatic nitrogens is 2. The second-order valence-corrected chi connectivity index (χ2v) is 6.82. The Morgan fingerprint density at radius 3 is 2.03 bits per heavy atom. The molecule has 0 atom stereocenters. The molecule has 3 aromatic rings. The van der Waals surface area contributed by atoms with Crippen molar-refractivity contribution < 1.29 is 14.9 Å². The molecule has 1 aliphatic heterocycles. The van der Waals surface area contributed by atoms with E-state index in [4.69, 9.17) is 19.8 Å². The average Bonchev–Trinajstić information content (AvgIpc) is 2.82. The molecule has 1 saturated heterocycles. The van der Waals surface area contributed by atoms with E-state index >= 15 is 0 Å². The van der Waals surface area contributed by atoms with Crippen LogP contribution in [0.5, 0.6) is 5.75 Å². The normalized spacial score (nSPS) is 14.1. The number of rotatable bonds is 5. The fourth-order valence-corrected chi connectivity index (χ4v) is 3.34. The van der Waals surface area contributed by atoms with Gasteiger partial charge in [0, 0.05) is 24.2 Å². The molecule has 0 spiro atoms. The third kappa shape index (κ3) is 5.34. The average molecular weight is 408 g/mol. The van der Waals surface area contributed by atoms with E-state index in [-0.39, 0.29) is 12.9 Å². The number of anilines is 1. The lowest BCUT2D eigenvalue weighted by Crippen LogP contribution is -2.37. The molecule has 0 bridgehead atoms. The molecule has 158 valence electrons. The van der Waals surface area contributed by atoms with Crippen molar-refractivity contribution in [3.05, 3.63) is 60.7 Å². The molecular weight excluding hydrogens is 378 g/mol. The molecule has 6 nitrogen and oxygen atoms in total. The maximum atomic E-state index is 9.81. The standard InChI is InChI=1S/C22H23N3O3.C2H6/c26-15-28-19-8-6-17(7-9-19)21-14-20(16-4-2-1-3-5-16)23-22(24-21)25-12-10-18(27)11-13-25;1-2/h1-9,14,18,26-27H,10-13,15H2;1-2H3. The summed E-state index contributed by atoms with van der Waals surface area (Å²) in [6.07, 6.45) is 1.20. The minimum atomic E-state index is -0.351. The molecule has 1 aromatic heterocycles. The number of ether oxygens (including phenoxy) is 1. The smallest absolute Gasteiger partial charge is 0.226 e. The third-order valence-electron chi connectivity index (χ3n) is 4.91. The Morgan fingerprint density at radius 1 is 0.900 bits per heavy atom. The first-order chi connectivity index (χ1) is 14.7. The van der Waals surface area contributed by atoms with Crippen LogP contribution in [0, 0.1) is 0 Å². The van der Waals surface area contributed by atoms with E-state index in [0.717, 1.165) is 48.4 Å². The van der Waals surface area contributed by atoms with Gasteiger partial charge in [-0.05, 0) is 43.2 Å². The number of aliphatic hydroxyl groups is 2. The zero-order valence-electron chi connectivity index (χ0n) is 17.5. The molecule has 1 fully saturated rings. The topological polar surface area (TPSA) is 78.7 Å². The van der Waals surface area contributed by atoms with E-state index in [0.29, 0.717) is 11.7 Å². The van der Waals surface area contributed by atoms with Crippen LogP contribution in [-0.4, -0.2) is 46.2 Å². The Morgan fingerprint density at radius 2 is 1.47 bits per heavy atom. The zero-order chi connectivity index (χ0) is 21.3. The summed E-state index contributed by atoms with van der Waals surface area (Å²) < 4.78 is 5.11. The van der Waals surface area contributed by atoms with E-state index in [9.17, 15) is 5.11 Å². The van der Waals surface area contributed by atoms with Gasteiger partial charge in [0.15, 0.2) is 6.79 Å². The predicted octanol–water partition coefficient (Wildman–Crippen LogP) is 4.13. The Labute approximate surface area is 177 Å². The van der Waals surface area contributed by atoms with Crippen molar-refractivity contribution in [3.63, 3.8) is 0 Å². The maximum absolute atomic E-state index is 9.81. The molecule has 2 N–H and O–H groups in total. The molecule has 0 radical (unpaired) electrons. The first-order valence-corrected chi connectivity index (χ1v) is 10.4. The Balaban J connectivity index is 0.00000124. The van der Waals surface area contributed by atoms with Gasteiger partial charge in [-0.25, -0.2) is 9.97 Å². The maximum Gasteiger partial charge on any atom is 0.226 e. The Hall–Kier alpha value is -2.96. The summed E-state index contributed by atoms with van der Waals surface area (Å²) in [5.74, 6) is 1.28. The highest BCUT2D eigenvalue weighted by atomic mass is 16.6. The van der Waals surface area contributed by atoms with Crippen LogP contribution in [0.2, 0.25) is 0 Å². The van der Waals surface area contributed by atoms with Crippen LogP contribution in [0.3, 0.4) is 0 Å². The molecule has 0 saturated carbocycles. The summed E-state index contributed by atoms with van der Waals surface area (Å²) in [7, 11) is 0. The van der Waals surface area contributed by atoms with Crippen molar-refractivity contribution in [2.75, 3.05) is 24.8 Å². The largest absolute Gasteiger partial charge is 0.468 e. The van der Waals surface area contributed by atoms with Crippen molar-refractivity contribution in [3.8, 4) is 28.3 Å². The van der Waals surface area contributed by atoms with Gasteiger partial charge in [-0.1, -0.05) is 44.2 Å². The number of benzene rings is 2. The Bertz CT molecular complexity index is 909. The van der Waals surface area contributed by atoms with Crippen LogP contribution in [0.4, 0.5) is 5.95 Å². The van der Waals surface area contributed by atoms with Gasteiger partial charge < -0.3 is 19.8 Å². The van der Waals surface area contributed by atoms with Crippen LogP contribution >= 0.6 is 0 Å². The van der Waals surface area contributed by atoms with Crippen molar-refractivity contribution in [2.45, 2.75) is 32.8 Å². The van der Waals surface area contributed by atoms with Crippen molar-refractivity contribution in [1.29, 1.82) is 0 Å². The highest BCUT2D eigenvalue weighted by Gasteiger charge is 2.20. The molecule has 6 heteroatoms. The number of hydrogen-bond acceptors (Lipinski definition) is 6. The SMILES string of the molecule is CC.OCOc1ccc(-c2cc(-c3ccccc3)nc(N3CCC(O)CC3)n2)cc1. The quantitative estimate of drug-likeness (QED) is 0.619. The van der Waals surface area contributed by atoms with Gasteiger partial charge in [0.1, 0.15) is 5.75 Å². The zero-order valence-corrected chi connectivity index (χ0v) is 17.5. The van der Waals surface area contributed by atoms with Crippen molar-refractivity contribution in [2.24, 2.45) is 0 Å². The minimum Gasteiger partial charge on any atom is -0.468 e. The highest BCUT2D eigenvalue weighted by molar-refractivity contribution is 5.70. The molecular formula is C24H29N3O3. The van der Waals surface area contributed by atoms with Gasteiger partial charge in [-0.3, -0.25) is 0 Å². The van der Waals surface area contributed by atoms with E-state index < -0.39 is 0 Å². The first-order valence-electron chi connectivity index (χ1n) is 10.4. The van der Waals surface area contributed by atoms with Crippen LogP contribution in [0.25, 0.3) is 22.5 Å².